The molecule has 0 saturated heterocycles. The minimum Gasteiger partial charge on any atom is -0.354 e. The maximum Gasteiger partial charge on any atom is 0.158 e. The van der Waals surface area contributed by atoms with Gasteiger partial charge in [0.2, 0.25) is 0 Å². The minimum atomic E-state index is 0.514. The van der Waals surface area contributed by atoms with Gasteiger partial charge in [0.05, 0.1) is 5.69 Å². The predicted molar refractivity (Wildman–Crippen MR) is 165 cm³/mol. The van der Waals surface area contributed by atoms with Crippen LogP contribution in [0.25, 0.3) is 50.1 Å². The molecule has 0 atom stereocenters. The van der Waals surface area contributed by atoms with Crippen LogP contribution in [0.4, 0.5) is 0 Å². The molecule has 0 radical (unpaired) electrons. The second-order valence-corrected chi connectivity index (χ2v) is 10.6. The zero-order valence-corrected chi connectivity index (χ0v) is 23.1. The van der Waals surface area contributed by atoms with Crippen molar-refractivity contribution in [1.29, 1.82) is 0 Å². The van der Waals surface area contributed by atoms with Crippen LogP contribution >= 0.6 is 11.6 Å². The molecule has 4 nitrogen and oxygen atoms in total. The third kappa shape index (κ3) is 4.09. The first-order chi connectivity index (χ1) is 19.6. The maximum absolute atomic E-state index is 7.14. The molecule has 4 aromatic carbocycles. The molecule has 0 aliphatic rings. The number of aryl methyl sites for hydroxylation is 2. The molecule has 194 valence electrons. The Morgan fingerprint density at radius 3 is 1.95 bits per heavy atom. The van der Waals surface area contributed by atoms with Gasteiger partial charge < -0.3 is 4.98 Å². The van der Waals surface area contributed by atoms with Crippen LogP contribution in [0.5, 0.6) is 0 Å². The van der Waals surface area contributed by atoms with E-state index in [4.69, 9.17) is 21.7 Å². The number of benzene rings is 4. The zero-order valence-electron chi connectivity index (χ0n) is 22.3. The normalized spacial score (nSPS) is 11.5. The molecule has 0 fully saturated rings. The van der Waals surface area contributed by atoms with Crippen molar-refractivity contribution < 1.29 is 0 Å². The van der Waals surface area contributed by atoms with Gasteiger partial charge >= 0.3 is 0 Å². The lowest BCUT2D eigenvalue weighted by Gasteiger charge is -2.15. The van der Waals surface area contributed by atoms with E-state index >= 15 is 0 Å². The van der Waals surface area contributed by atoms with Crippen molar-refractivity contribution in [3.05, 3.63) is 137 Å². The number of hydrogen-bond acceptors (Lipinski definition) is 2. The standard InChI is InChI=1S/C35H27ClN4/c1-22-18-19-23(2)40-35(22)38-30(39-40)20-27-28(36)21-29-33(31(27)24-12-6-3-7-13-24)32(25-14-8-4-9-15-25)34(37-29)26-16-10-5-11-17-26/h3-19,21,37H,20H2,1-2H3. The summed E-state index contributed by atoms with van der Waals surface area (Å²) in [5.74, 6) is 0.746. The van der Waals surface area contributed by atoms with E-state index in [-0.39, 0.29) is 0 Å². The van der Waals surface area contributed by atoms with Gasteiger partial charge in [0.25, 0.3) is 0 Å². The van der Waals surface area contributed by atoms with Gasteiger partial charge in [-0.2, -0.15) is 5.10 Å². The van der Waals surface area contributed by atoms with E-state index < -0.39 is 0 Å². The van der Waals surface area contributed by atoms with Gasteiger partial charge in [0.15, 0.2) is 11.5 Å². The number of aromatic nitrogens is 4. The number of rotatable bonds is 5. The van der Waals surface area contributed by atoms with Crippen LogP contribution in [0.1, 0.15) is 22.6 Å². The van der Waals surface area contributed by atoms with Crippen molar-refractivity contribution in [2.75, 3.05) is 0 Å². The van der Waals surface area contributed by atoms with Crippen LogP contribution in [0, 0.1) is 13.8 Å². The van der Waals surface area contributed by atoms with E-state index in [0.717, 1.165) is 72.7 Å². The Morgan fingerprint density at radius 2 is 1.32 bits per heavy atom. The van der Waals surface area contributed by atoms with Gasteiger partial charge in [-0.15, -0.1) is 0 Å². The smallest absolute Gasteiger partial charge is 0.158 e. The Morgan fingerprint density at radius 1 is 0.725 bits per heavy atom. The highest BCUT2D eigenvalue weighted by Crippen LogP contribution is 2.46. The number of halogens is 1. The average molecular weight is 539 g/mol. The number of fused-ring (bicyclic) bond motifs is 2. The van der Waals surface area contributed by atoms with Gasteiger partial charge in [-0.25, -0.2) is 9.50 Å². The first kappa shape index (κ1) is 24.4. The van der Waals surface area contributed by atoms with Crippen molar-refractivity contribution in [1.82, 2.24) is 19.6 Å². The monoisotopic (exact) mass is 538 g/mol. The second kappa shape index (κ2) is 9.82. The number of aromatic amines is 1. The Balaban J connectivity index is 1.55. The molecule has 0 spiro atoms. The first-order valence-electron chi connectivity index (χ1n) is 13.4. The summed E-state index contributed by atoms with van der Waals surface area (Å²) in [7, 11) is 0. The molecule has 7 aromatic rings. The fourth-order valence-electron chi connectivity index (χ4n) is 5.66. The van der Waals surface area contributed by atoms with Crippen molar-refractivity contribution in [2.24, 2.45) is 0 Å². The molecule has 1 N–H and O–H groups in total. The lowest BCUT2D eigenvalue weighted by molar-refractivity contribution is 0.869. The van der Waals surface area contributed by atoms with E-state index in [1.54, 1.807) is 0 Å². The summed E-state index contributed by atoms with van der Waals surface area (Å²) in [6, 6.07) is 37.8. The van der Waals surface area contributed by atoms with E-state index in [0.29, 0.717) is 11.4 Å². The molecule has 40 heavy (non-hydrogen) atoms. The third-order valence-electron chi connectivity index (χ3n) is 7.57. The molecule has 3 heterocycles. The number of hydrogen-bond donors (Lipinski definition) is 1. The maximum atomic E-state index is 7.14. The van der Waals surface area contributed by atoms with Gasteiger partial charge in [0, 0.05) is 33.6 Å². The topological polar surface area (TPSA) is 46.0 Å². The predicted octanol–water partition coefficient (Wildman–Crippen LogP) is 9.07. The molecule has 0 bridgehead atoms. The minimum absolute atomic E-state index is 0.514. The molecule has 0 unspecified atom stereocenters. The molecular weight excluding hydrogens is 512 g/mol. The fourth-order valence-corrected chi connectivity index (χ4v) is 5.93. The third-order valence-corrected chi connectivity index (χ3v) is 7.91. The number of nitrogens with one attached hydrogen (secondary N) is 1. The molecule has 0 saturated carbocycles. The Labute approximate surface area is 237 Å². The van der Waals surface area contributed by atoms with Crippen LogP contribution in [-0.4, -0.2) is 19.6 Å². The molecule has 7 rings (SSSR count). The highest BCUT2D eigenvalue weighted by Gasteiger charge is 2.24. The number of H-pyrrole nitrogens is 1. The van der Waals surface area contributed by atoms with E-state index in [1.807, 2.05) is 16.6 Å². The van der Waals surface area contributed by atoms with Crippen LogP contribution in [0.3, 0.4) is 0 Å². The molecule has 0 aliphatic heterocycles. The lowest BCUT2D eigenvalue weighted by Crippen LogP contribution is -1.99. The highest BCUT2D eigenvalue weighted by molar-refractivity contribution is 6.33. The lowest BCUT2D eigenvalue weighted by atomic mass is 9.89. The Hall–Kier alpha value is -4.67. The second-order valence-electron chi connectivity index (χ2n) is 10.2. The SMILES string of the molecule is Cc1ccc(C)n2nc(Cc3c(Cl)cc4[nH]c(-c5ccccc5)c(-c5ccccc5)c4c3-c3ccccc3)nc12. The van der Waals surface area contributed by atoms with E-state index in [9.17, 15) is 0 Å². The summed E-state index contributed by atoms with van der Waals surface area (Å²) < 4.78 is 1.93. The molecule has 0 amide bonds. The molecule has 0 aliphatic carbocycles. The largest absolute Gasteiger partial charge is 0.354 e. The van der Waals surface area contributed by atoms with Crippen molar-refractivity contribution in [3.63, 3.8) is 0 Å². The van der Waals surface area contributed by atoms with Crippen LogP contribution < -0.4 is 0 Å². The van der Waals surface area contributed by atoms with Gasteiger partial charge in [0.1, 0.15) is 0 Å². The summed E-state index contributed by atoms with van der Waals surface area (Å²) in [5.41, 5.74) is 11.8. The summed E-state index contributed by atoms with van der Waals surface area (Å²) >= 11 is 7.14. The quantitative estimate of drug-likeness (QED) is 0.237. The van der Waals surface area contributed by atoms with Crippen molar-refractivity contribution in [3.8, 4) is 33.5 Å². The van der Waals surface area contributed by atoms with E-state index in [2.05, 4.69) is 116 Å². The Kier molecular flexibility index (Phi) is 5.98. The average Bonchev–Trinajstić information content (AvgIpc) is 3.59. The fraction of sp³-hybridized carbons (Fsp3) is 0.0857. The van der Waals surface area contributed by atoms with Gasteiger partial charge in [-0.3, -0.25) is 0 Å². The Bertz CT molecular complexity index is 1950. The highest BCUT2D eigenvalue weighted by atomic mass is 35.5. The summed E-state index contributed by atoms with van der Waals surface area (Å²) in [6.07, 6.45) is 0.514. The summed E-state index contributed by atoms with van der Waals surface area (Å²) in [4.78, 5) is 8.68. The zero-order chi connectivity index (χ0) is 27.2. The van der Waals surface area contributed by atoms with Crippen molar-refractivity contribution in [2.45, 2.75) is 20.3 Å². The summed E-state index contributed by atoms with van der Waals surface area (Å²) in [6.45, 7) is 4.12. The molecular formula is C35H27ClN4. The summed E-state index contributed by atoms with van der Waals surface area (Å²) in [5, 5.41) is 6.74. The van der Waals surface area contributed by atoms with Gasteiger partial charge in [-0.1, -0.05) is 109 Å². The van der Waals surface area contributed by atoms with Gasteiger partial charge in [-0.05, 0) is 59.4 Å². The first-order valence-corrected chi connectivity index (χ1v) is 13.8. The van der Waals surface area contributed by atoms with Crippen LogP contribution in [-0.2, 0) is 6.42 Å². The molecule has 3 aromatic heterocycles. The van der Waals surface area contributed by atoms with E-state index in [1.165, 1.54) is 0 Å². The molecule has 5 heteroatoms. The van der Waals surface area contributed by atoms with Crippen molar-refractivity contribution >= 4 is 28.2 Å². The van der Waals surface area contributed by atoms with Crippen LogP contribution in [0.2, 0.25) is 5.02 Å². The van der Waals surface area contributed by atoms with Crippen LogP contribution in [0.15, 0.2) is 109 Å². The number of pyridine rings is 1. The number of nitrogens with zero attached hydrogens (tertiary/aromatic N) is 3.